The van der Waals surface area contributed by atoms with Gasteiger partial charge in [-0.15, -0.1) is 0 Å². The molecule has 1 aromatic heterocycles. The number of hydrogen-bond acceptors (Lipinski definition) is 18. The van der Waals surface area contributed by atoms with Crippen LogP contribution in [0.1, 0.15) is 168 Å². The number of nitrogen functional groups attached to an aromatic ring is 1. The Kier molecular flexibility index (Phi) is 30.6. The van der Waals surface area contributed by atoms with Crippen LogP contribution in [-0.2, 0) is 51.1 Å². The van der Waals surface area contributed by atoms with Gasteiger partial charge in [-0.2, -0.15) is 9.29 Å². The first-order valence-corrected chi connectivity index (χ1v) is 29.1. The second kappa shape index (κ2) is 35.0. The number of ether oxygens (including phenoxy) is 3. The lowest BCUT2D eigenvalue weighted by molar-refractivity contribution is -0.188. The molecule has 23 heteroatoms. The summed E-state index contributed by atoms with van der Waals surface area (Å²) in [7, 11) is -11.3. The minimum absolute atomic E-state index is 0.0541. The van der Waals surface area contributed by atoms with Crippen LogP contribution >= 0.6 is 15.6 Å². The highest BCUT2D eigenvalue weighted by molar-refractivity contribution is 7.61. The fourth-order valence-corrected chi connectivity index (χ4v) is 10.5. The van der Waals surface area contributed by atoms with Crippen molar-refractivity contribution < 1.29 is 81.3 Å². The number of aromatic nitrogens is 2. The number of cyclic esters (lactones) is 1. The van der Waals surface area contributed by atoms with Crippen molar-refractivity contribution in [1.82, 2.24) is 9.55 Å². The zero-order valence-corrected chi connectivity index (χ0v) is 44.4. The normalized spacial score (nSPS) is 29.4. The average molecular weight is 1080 g/mol. The van der Waals surface area contributed by atoms with Gasteiger partial charge in [-0.25, -0.2) is 13.9 Å². The van der Waals surface area contributed by atoms with Gasteiger partial charge >= 0.3 is 33.3 Å². The summed E-state index contributed by atoms with van der Waals surface area (Å²) in [5.74, 6) is -5.04. The first kappa shape index (κ1) is 63.9. The topological polar surface area (TPSA) is 323 Å². The Morgan fingerprint density at radius 3 is 2.21 bits per heavy atom. The number of aliphatic hydroxyl groups is 4. The van der Waals surface area contributed by atoms with Gasteiger partial charge in [-0.05, 0) is 63.9 Å². The molecule has 0 radical (unpaired) electrons. The Balaban J connectivity index is 1.77. The standard InChI is InChI=1S/C50H83N3O18P2/c1-3-5-7-8-9-10-11-12-13-14-15-16-17-18-23-27-45(57)66-34-38-35-67-72(62,63)71-73(64,65)68-36-43-48(60)47(59)39(30-29-37(54)25-21-6-4-2)41(55)33-42(56)40(26-22-19-20-24-28-46(58)69-38)49(70-43)53-32-31-44(51)52-50(53)61/h9-10,12-13,29-32,37-40,42-43,47-49,54,56,59-60H,3-8,11,14-28,33-36H2,1-2H3,(H,62,63)(H,64,65)(H2,51,52,61)/b10-9-,13-12-,30-29-/t37-,38+,39-,40-,42-,43+,47-,48+,49+/m0/s1. The Hall–Kier alpha value is -3.43. The summed E-state index contributed by atoms with van der Waals surface area (Å²) in [6.07, 6.45) is 15.1. The van der Waals surface area contributed by atoms with Crippen molar-refractivity contribution in [2.45, 2.75) is 204 Å². The molecule has 21 nitrogen and oxygen atoms in total. The molecular formula is C50H83N3O18P2. The maximum absolute atomic E-state index is 14.0. The number of esters is 2. The summed E-state index contributed by atoms with van der Waals surface area (Å²) in [5.41, 5.74) is 4.77. The predicted octanol–water partition coefficient (Wildman–Crippen LogP) is 7.37. The highest BCUT2D eigenvalue weighted by atomic mass is 31.3. The second-order valence-electron chi connectivity index (χ2n) is 18.8. The van der Waals surface area contributed by atoms with E-state index in [4.69, 9.17) is 29.0 Å². The van der Waals surface area contributed by atoms with Crippen LogP contribution in [0.4, 0.5) is 5.82 Å². The molecule has 2 bridgehead atoms. The van der Waals surface area contributed by atoms with E-state index in [-0.39, 0.29) is 31.5 Å². The summed E-state index contributed by atoms with van der Waals surface area (Å²) >= 11 is 0. The van der Waals surface area contributed by atoms with Crippen molar-refractivity contribution in [3.05, 3.63) is 59.2 Å². The molecule has 2 unspecified atom stereocenters. The number of anilines is 1. The number of phosphoric acid groups is 2. The lowest BCUT2D eigenvalue weighted by Crippen LogP contribution is -2.51. The first-order valence-electron chi connectivity index (χ1n) is 26.1. The number of carbonyl (C=O) groups is 3. The summed E-state index contributed by atoms with van der Waals surface area (Å²) < 4.78 is 59.0. The largest absolute Gasteiger partial charge is 0.481 e. The van der Waals surface area contributed by atoms with Crippen molar-refractivity contribution in [2.75, 3.05) is 25.6 Å². The van der Waals surface area contributed by atoms with Gasteiger partial charge in [-0.3, -0.25) is 28.0 Å². The highest BCUT2D eigenvalue weighted by Crippen LogP contribution is 2.60. The molecule has 73 heavy (non-hydrogen) atoms. The Morgan fingerprint density at radius 2 is 1.51 bits per heavy atom. The summed E-state index contributed by atoms with van der Waals surface area (Å²) in [5, 5.41) is 45.7. The quantitative estimate of drug-likeness (QED) is 0.0243. The fourth-order valence-electron chi connectivity index (χ4n) is 8.43. The smallest absolute Gasteiger partial charge is 0.462 e. The number of hydrogen-bond donors (Lipinski definition) is 7. The van der Waals surface area contributed by atoms with Crippen LogP contribution in [0.3, 0.4) is 0 Å². The van der Waals surface area contributed by atoms with Crippen molar-refractivity contribution in [3.63, 3.8) is 0 Å². The number of aliphatic hydroxyl groups excluding tert-OH is 4. The molecule has 1 aromatic rings. The van der Waals surface area contributed by atoms with E-state index in [1.54, 1.807) is 0 Å². The van der Waals surface area contributed by atoms with Crippen molar-refractivity contribution >= 4 is 39.2 Å². The van der Waals surface area contributed by atoms with Crippen LogP contribution < -0.4 is 11.4 Å². The third-order valence-electron chi connectivity index (χ3n) is 12.6. The molecule has 3 rings (SSSR count). The Labute approximate surface area is 429 Å². The number of nitrogens with zero attached hydrogens (tertiary/aromatic N) is 2. The van der Waals surface area contributed by atoms with Crippen molar-refractivity contribution in [2.24, 2.45) is 11.8 Å². The van der Waals surface area contributed by atoms with Crippen LogP contribution in [0.5, 0.6) is 0 Å². The monoisotopic (exact) mass is 1080 g/mol. The molecule has 2 aliphatic rings. The predicted molar refractivity (Wildman–Crippen MR) is 271 cm³/mol. The maximum atomic E-state index is 14.0. The second-order valence-corrected chi connectivity index (χ2v) is 21.8. The van der Waals surface area contributed by atoms with E-state index >= 15 is 0 Å². The van der Waals surface area contributed by atoms with Gasteiger partial charge in [0.2, 0.25) is 0 Å². The molecule has 2 aliphatic heterocycles. The van der Waals surface area contributed by atoms with E-state index in [0.717, 1.165) is 62.4 Å². The third kappa shape index (κ3) is 25.8. The van der Waals surface area contributed by atoms with Crippen LogP contribution in [0.15, 0.2) is 53.5 Å². The van der Waals surface area contributed by atoms with E-state index in [1.165, 1.54) is 43.7 Å². The van der Waals surface area contributed by atoms with Crippen LogP contribution in [0.25, 0.3) is 0 Å². The number of phosphoric ester groups is 2. The molecular weight excluding hydrogens is 993 g/mol. The van der Waals surface area contributed by atoms with Gasteiger partial charge in [0.05, 0.1) is 37.4 Å². The van der Waals surface area contributed by atoms with Crippen LogP contribution in [0, 0.1) is 11.8 Å². The number of rotatable bonds is 23. The van der Waals surface area contributed by atoms with E-state index < -0.39 is 120 Å². The van der Waals surface area contributed by atoms with E-state index in [9.17, 15) is 58.5 Å². The van der Waals surface area contributed by atoms with Crippen LogP contribution in [-0.4, -0.2) is 114 Å². The lowest BCUT2D eigenvalue weighted by atomic mass is 9.83. The minimum atomic E-state index is -5.71. The molecule has 0 spiro atoms. The van der Waals surface area contributed by atoms with E-state index in [2.05, 4.69) is 40.5 Å². The number of unbranched alkanes of at least 4 members (excludes halogenated alkanes) is 10. The lowest BCUT2D eigenvalue weighted by Gasteiger charge is -2.39. The summed E-state index contributed by atoms with van der Waals surface area (Å²) in [4.78, 5) is 78.1. The number of nitrogens with two attached hydrogens (primary N) is 1. The number of ketones is 1. The minimum Gasteiger partial charge on any atom is -0.462 e. The maximum Gasteiger partial charge on any atom is 0.481 e. The van der Waals surface area contributed by atoms with E-state index in [1.807, 2.05) is 6.92 Å². The molecule has 416 valence electrons. The zero-order chi connectivity index (χ0) is 53.7. The van der Waals surface area contributed by atoms with Gasteiger partial charge in [0.25, 0.3) is 0 Å². The van der Waals surface area contributed by atoms with Gasteiger partial charge in [0.15, 0.2) is 6.10 Å². The van der Waals surface area contributed by atoms with Gasteiger partial charge in [-0.1, -0.05) is 121 Å². The van der Waals surface area contributed by atoms with Crippen LogP contribution in [0.2, 0.25) is 0 Å². The number of allylic oxidation sites excluding steroid dienone is 4. The number of fused-ring (bicyclic) bond motifs is 3. The summed E-state index contributed by atoms with van der Waals surface area (Å²) in [6, 6.07) is 1.24. The first-order chi connectivity index (χ1) is 34.9. The van der Waals surface area contributed by atoms with E-state index in [0.29, 0.717) is 38.5 Å². The molecule has 0 saturated carbocycles. The molecule has 2 fully saturated rings. The van der Waals surface area contributed by atoms with Crippen molar-refractivity contribution in [1.29, 1.82) is 0 Å². The molecule has 2 saturated heterocycles. The molecule has 3 heterocycles. The molecule has 0 aromatic carbocycles. The highest BCUT2D eigenvalue weighted by Gasteiger charge is 2.45. The molecule has 8 N–H and O–H groups in total. The molecule has 0 aliphatic carbocycles. The molecule has 0 amide bonds. The van der Waals surface area contributed by atoms with Gasteiger partial charge < -0.3 is 50.2 Å². The van der Waals surface area contributed by atoms with Crippen molar-refractivity contribution in [3.8, 4) is 0 Å². The SMILES string of the molecule is CCCCC/C=C\C/C=C\CCCCCCCC(=O)OC[C@@H]1COP(=O)(O)OP(=O)(O)OC[C@H]2O[C@@H](n3ccc(N)nc3=O)[C@@H](CCCCCCC(=O)O1)[C@@H](O)CC(=O)[C@H](/C=C\[C@@H](O)CCCCC)[C@H](O)[C@@H]2O. The molecule has 11 atom stereocenters. The number of carbonyl (C=O) groups excluding carboxylic acids is 3. The Bertz CT molecular complexity index is 2040. The number of Topliss-reactive ketones (excluding diaryl/α,β-unsaturated/α-hetero) is 1. The summed E-state index contributed by atoms with van der Waals surface area (Å²) in [6.45, 7) is 1.45. The third-order valence-corrected chi connectivity index (χ3v) is 15.2. The average Bonchev–Trinajstić information content (AvgIpc) is 3.33. The fraction of sp³-hybridized carbons (Fsp3) is 0.740. The van der Waals surface area contributed by atoms with Gasteiger partial charge in [0.1, 0.15) is 36.6 Å². The zero-order valence-electron chi connectivity index (χ0n) is 42.6. The van der Waals surface area contributed by atoms with Gasteiger partial charge in [0, 0.05) is 31.4 Å². The Morgan fingerprint density at radius 1 is 0.863 bits per heavy atom.